The summed E-state index contributed by atoms with van der Waals surface area (Å²) >= 11 is 0. The number of amidine groups is 1. The van der Waals surface area contributed by atoms with Crippen LogP contribution in [0.1, 0.15) is 12.8 Å². The lowest BCUT2D eigenvalue weighted by Gasteiger charge is -2.19. The van der Waals surface area contributed by atoms with Gasteiger partial charge in [0, 0.05) is 31.8 Å². The predicted octanol–water partition coefficient (Wildman–Crippen LogP) is 1.85. The molecule has 0 bridgehead atoms. The third kappa shape index (κ3) is 3.81. The van der Waals surface area contributed by atoms with Crippen molar-refractivity contribution in [2.24, 2.45) is 5.73 Å². The average molecular weight is 221 g/mol. The standard InChI is InChI=1S/C12H19N3O/c1-15(8-4-7-12(13)14)10-5-3-6-11(9-10)16-2/h3,5-6,9H,4,7-8H2,1-2H3,(H3,13,14). The van der Waals surface area contributed by atoms with Gasteiger partial charge in [-0.2, -0.15) is 0 Å². The van der Waals surface area contributed by atoms with E-state index in [0.717, 1.165) is 24.4 Å². The molecule has 0 saturated heterocycles. The van der Waals surface area contributed by atoms with Crippen LogP contribution in [0.5, 0.6) is 5.75 Å². The molecule has 0 spiro atoms. The molecule has 0 aliphatic carbocycles. The first kappa shape index (κ1) is 12.4. The first-order valence-corrected chi connectivity index (χ1v) is 5.31. The van der Waals surface area contributed by atoms with Crippen LogP contribution in [-0.2, 0) is 0 Å². The normalized spacial score (nSPS) is 9.88. The van der Waals surface area contributed by atoms with Crippen molar-refractivity contribution in [2.45, 2.75) is 12.8 Å². The van der Waals surface area contributed by atoms with Gasteiger partial charge in [-0.25, -0.2) is 0 Å². The van der Waals surface area contributed by atoms with E-state index in [1.165, 1.54) is 0 Å². The predicted molar refractivity (Wildman–Crippen MR) is 67.4 cm³/mol. The van der Waals surface area contributed by atoms with Crippen LogP contribution < -0.4 is 15.4 Å². The summed E-state index contributed by atoms with van der Waals surface area (Å²) in [5, 5.41) is 7.15. The van der Waals surface area contributed by atoms with E-state index in [0.29, 0.717) is 6.42 Å². The molecule has 0 saturated carbocycles. The molecule has 1 aromatic carbocycles. The minimum absolute atomic E-state index is 0.249. The quantitative estimate of drug-likeness (QED) is 0.569. The summed E-state index contributed by atoms with van der Waals surface area (Å²) in [5.41, 5.74) is 6.42. The third-order valence-electron chi connectivity index (χ3n) is 2.43. The molecule has 16 heavy (non-hydrogen) atoms. The molecule has 0 radical (unpaired) electrons. The number of rotatable bonds is 6. The molecule has 4 heteroatoms. The maximum absolute atomic E-state index is 7.15. The Morgan fingerprint density at radius 1 is 1.50 bits per heavy atom. The van der Waals surface area contributed by atoms with E-state index >= 15 is 0 Å². The number of benzene rings is 1. The fraction of sp³-hybridized carbons (Fsp3) is 0.417. The molecule has 3 N–H and O–H groups in total. The fourth-order valence-electron chi connectivity index (χ4n) is 1.48. The van der Waals surface area contributed by atoms with Crippen LogP contribution in [0.25, 0.3) is 0 Å². The van der Waals surface area contributed by atoms with Crippen molar-refractivity contribution in [3.05, 3.63) is 24.3 Å². The SMILES string of the molecule is COc1cccc(N(C)CCCC(=N)N)c1. The lowest BCUT2D eigenvalue weighted by Crippen LogP contribution is -2.20. The van der Waals surface area contributed by atoms with Crippen molar-refractivity contribution >= 4 is 11.5 Å². The van der Waals surface area contributed by atoms with E-state index in [9.17, 15) is 0 Å². The molecule has 0 amide bonds. The number of anilines is 1. The van der Waals surface area contributed by atoms with Gasteiger partial charge in [-0.05, 0) is 18.6 Å². The highest BCUT2D eigenvalue weighted by Gasteiger charge is 2.02. The van der Waals surface area contributed by atoms with Crippen molar-refractivity contribution < 1.29 is 4.74 Å². The molecular formula is C12H19N3O. The third-order valence-corrected chi connectivity index (χ3v) is 2.43. The molecule has 4 nitrogen and oxygen atoms in total. The van der Waals surface area contributed by atoms with Crippen molar-refractivity contribution in [3.8, 4) is 5.75 Å². The first-order chi connectivity index (χ1) is 7.63. The Morgan fingerprint density at radius 2 is 2.25 bits per heavy atom. The second kappa shape index (κ2) is 6.00. The van der Waals surface area contributed by atoms with Crippen LogP contribution in [0.3, 0.4) is 0 Å². The van der Waals surface area contributed by atoms with Crippen LogP contribution in [0.4, 0.5) is 5.69 Å². The van der Waals surface area contributed by atoms with Crippen molar-refractivity contribution in [2.75, 3.05) is 25.6 Å². The highest BCUT2D eigenvalue weighted by atomic mass is 16.5. The molecule has 0 atom stereocenters. The Balaban J connectivity index is 2.51. The van der Waals surface area contributed by atoms with Crippen LogP contribution >= 0.6 is 0 Å². The smallest absolute Gasteiger partial charge is 0.120 e. The van der Waals surface area contributed by atoms with Gasteiger partial charge in [0.25, 0.3) is 0 Å². The van der Waals surface area contributed by atoms with E-state index in [1.807, 2.05) is 31.3 Å². The zero-order valence-corrected chi connectivity index (χ0v) is 9.86. The van der Waals surface area contributed by atoms with Gasteiger partial charge in [0.05, 0.1) is 12.9 Å². The zero-order valence-electron chi connectivity index (χ0n) is 9.86. The van der Waals surface area contributed by atoms with Gasteiger partial charge in [-0.15, -0.1) is 0 Å². The van der Waals surface area contributed by atoms with E-state index in [-0.39, 0.29) is 5.84 Å². The molecule has 0 fully saturated rings. The van der Waals surface area contributed by atoms with E-state index in [4.69, 9.17) is 15.9 Å². The summed E-state index contributed by atoms with van der Waals surface area (Å²) in [7, 11) is 3.68. The molecule has 0 aliphatic rings. The fourth-order valence-corrected chi connectivity index (χ4v) is 1.48. The summed E-state index contributed by atoms with van der Waals surface area (Å²) in [6.45, 7) is 0.882. The van der Waals surface area contributed by atoms with Gasteiger partial charge >= 0.3 is 0 Å². The summed E-state index contributed by atoms with van der Waals surface area (Å²) in [6, 6.07) is 7.92. The Morgan fingerprint density at radius 3 is 2.88 bits per heavy atom. The van der Waals surface area contributed by atoms with Crippen molar-refractivity contribution in [1.29, 1.82) is 5.41 Å². The Bertz CT molecular complexity index is 352. The minimum atomic E-state index is 0.249. The summed E-state index contributed by atoms with van der Waals surface area (Å²) in [6.07, 6.45) is 1.54. The summed E-state index contributed by atoms with van der Waals surface area (Å²) in [5.74, 6) is 1.11. The second-order valence-corrected chi connectivity index (χ2v) is 3.75. The van der Waals surface area contributed by atoms with Crippen molar-refractivity contribution in [3.63, 3.8) is 0 Å². The Hall–Kier alpha value is -1.71. The number of nitrogens with two attached hydrogens (primary N) is 1. The maximum atomic E-state index is 7.15. The lowest BCUT2D eigenvalue weighted by atomic mass is 10.2. The molecule has 1 aromatic rings. The lowest BCUT2D eigenvalue weighted by molar-refractivity contribution is 0.415. The molecular weight excluding hydrogens is 202 g/mol. The Labute approximate surface area is 96.5 Å². The molecule has 0 heterocycles. The van der Waals surface area contributed by atoms with E-state index in [2.05, 4.69) is 4.90 Å². The molecule has 88 valence electrons. The van der Waals surface area contributed by atoms with Gasteiger partial charge in [0.2, 0.25) is 0 Å². The minimum Gasteiger partial charge on any atom is -0.497 e. The number of nitrogens with zero attached hydrogens (tertiary/aromatic N) is 1. The number of methoxy groups -OCH3 is 1. The van der Waals surface area contributed by atoms with Crippen LogP contribution in [-0.4, -0.2) is 26.5 Å². The number of nitrogens with one attached hydrogen (secondary N) is 1. The maximum Gasteiger partial charge on any atom is 0.120 e. The van der Waals surface area contributed by atoms with Gasteiger partial charge in [0.15, 0.2) is 0 Å². The second-order valence-electron chi connectivity index (χ2n) is 3.75. The summed E-state index contributed by atoms with van der Waals surface area (Å²) in [4.78, 5) is 2.13. The highest BCUT2D eigenvalue weighted by molar-refractivity contribution is 5.76. The van der Waals surface area contributed by atoms with Crippen LogP contribution in [0.15, 0.2) is 24.3 Å². The number of ether oxygens (including phenoxy) is 1. The summed E-state index contributed by atoms with van der Waals surface area (Å²) < 4.78 is 5.17. The van der Waals surface area contributed by atoms with Crippen LogP contribution in [0.2, 0.25) is 0 Å². The van der Waals surface area contributed by atoms with E-state index in [1.54, 1.807) is 7.11 Å². The van der Waals surface area contributed by atoms with Crippen LogP contribution in [0, 0.1) is 5.41 Å². The largest absolute Gasteiger partial charge is 0.497 e. The van der Waals surface area contributed by atoms with Gasteiger partial charge in [-0.1, -0.05) is 6.07 Å². The monoisotopic (exact) mass is 221 g/mol. The number of hydrogen-bond acceptors (Lipinski definition) is 3. The van der Waals surface area contributed by atoms with Gasteiger partial charge in [0.1, 0.15) is 5.75 Å². The number of hydrogen-bond donors (Lipinski definition) is 2. The van der Waals surface area contributed by atoms with Gasteiger partial charge in [-0.3, -0.25) is 5.41 Å². The molecule has 0 aliphatic heterocycles. The van der Waals surface area contributed by atoms with Crippen molar-refractivity contribution in [1.82, 2.24) is 0 Å². The van der Waals surface area contributed by atoms with Gasteiger partial charge < -0.3 is 15.4 Å². The topological polar surface area (TPSA) is 62.3 Å². The van der Waals surface area contributed by atoms with E-state index < -0.39 is 0 Å². The highest BCUT2D eigenvalue weighted by Crippen LogP contribution is 2.19. The Kier molecular flexibility index (Phi) is 4.64. The molecule has 1 rings (SSSR count). The zero-order chi connectivity index (χ0) is 12.0. The molecule has 0 unspecified atom stereocenters. The average Bonchev–Trinajstić information content (AvgIpc) is 2.28. The molecule has 0 aromatic heterocycles. The first-order valence-electron chi connectivity index (χ1n) is 5.31.